The molecule has 4 rings (SSSR count). The molecule has 3 atom stereocenters. The Balaban J connectivity index is 1.65. The number of fused-ring (bicyclic) bond motifs is 1. The van der Waals surface area contributed by atoms with E-state index in [0.717, 1.165) is 11.1 Å². The number of likely N-dealkylation sites (tertiary alicyclic amines) is 1. The SMILES string of the molecule is COCCNC(=O)CN1CC(c2ccc(OC)cc2)C(C(=O)O)C(c2ccc3c(c2)OCO3)C1. The van der Waals surface area contributed by atoms with Gasteiger partial charge in [-0.1, -0.05) is 18.2 Å². The van der Waals surface area contributed by atoms with Crippen LogP contribution in [0.25, 0.3) is 0 Å². The third-order valence-electron chi connectivity index (χ3n) is 6.43. The predicted molar refractivity (Wildman–Crippen MR) is 123 cm³/mol. The van der Waals surface area contributed by atoms with E-state index in [4.69, 9.17) is 18.9 Å². The molecule has 2 aromatic rings. The summed E-state index contributed by atoms with van der Waals surface area (Å²) in [7, 11) is 3.17. The first-order chi connectivity index (χ1) is 16.5. The topological polar surface area (TPSA) is 107 Å². The van der Waals surface area contributed by atoms with Gasteiger partial charge < -0.3 is 29.4 Å². The zero-order valence-corrected chi connectivity index (χ0v) is 19.4. The molecule has 2 aromatic carbocycles. The molecular formula is C25H30N2O7. The molecule has 0 radical (unpaired) electrons. The lowest BCUT2D eigenvalue weighted by atomic mass is 9.71. The van der Waals surface area contributed by atoms with Crippen molar-refractivity contribution in [1.29, 1.82) is 0 Å². The highest BCUT2D eigenvalue weighted by Crippen LogP contribution is 2.44. The van der Waals surface area contributed by atoms with E-state index in [0.29, 0.717) is 43.5 Å². The van der Waals surface area contributed by atoms with E-state index in [1.54, 1.807) is 14.2 Å². The molecule has 9 heteroatoms. The molecule has 0 saturated carbocycles. The second-order valence-electron chi connectivity index (χ2n) is 8.50. The summed E-state index contributed by atoms with van der Waals surface area (Å²) in [6.07, 6.45) is 0. The fourth-order valence-electron chi connectivity index (χ4n) is 4.78. The summed E-state index contributed by atoms with van der Waals surface area (Å²) in [5, 5.41) is 13.2. The van der Waals surface area contributed by atoms with Crippen LogP contribution < -0.4 is 19.5 Å². The summed E-state index contributed by atoms with van der Waals surface area (Å²) in [4.78, 5) is 27.2. The van der Waals surface area contributed by atoms with E-state index in [2.05, 4.69) is 5.32 Å². The summed E-state index contributed by atoms with van der Waals surface area (Å²) < 4.78 is 21.2. The van der Waals surface area contributed by atoms with Gasteiger partial charge in [0.1, 0.15) is 5.75 Å². The summed E-state index contributed by atoms with van der Waals surface area (Å²) in [6, 6.07) is 13.0. The number of methoxy groups -OCH3 is 2. The molecule has 2 heterocycles. The average molecular weight is 471 g/mol. The third-order valence-corrected chi connectivity index (χ3v) is 6.43. The molecule has 9 nitrogen and oxygen atoms in total. The summed E-state index contributed by atoms with van der Waals surface area (Å²) in [5.41, 5.74) is 1.74. The van der Waals surface area contributed by atoms with Crippen molar-refractivity contribution in [3.63, 3.8) is 0 Å². The van der Waals surface area contributed by atoms with Crippen LogP contribution >= 0.6 is 0 Å². The van der Waals surface area contributed by atoms with Crippen LogP contribution in [0.4, 0.5) is 0 Å². The smallest absolute Gasteiger partial charge is 0.307 e. The van der Waals surface area contributed by atoms with Gasteiger partial charge >= 0.3 is 5.97 Å². The lowest BCUT2D eigenvalue weighted by Crippen LogP contribution is -2.50. The molecule has 0 spiro atoms. The highest BCUT2D eigenvalue weighted by atomic mass is 16.7. The first kappa shape index (κ1) is 23.8. The summed E-state index contributed by atoms with van der Waals surface area (Å²) >= 11 is 0. The number of carbonyl (C=O) groups is 2. The quantitative estimate of drug-likeness (QED) is 0.537. The van der Waals surface area contributed by atoms with Gasteiger partial charge in [0.15, 0.2) is 11.5 Å². The van der Waals surface area contributed by atoms with Crippen molar-refractivity contribution in [2.45, 2.75) is 11.8 Å². The normalized spacial score (nSPS) is 21.8. The fourth-order valence-corrected chi connectivity index (χ4v) is 4.78. The minimum absolute atomic E-state index is 0.122. The number of nitrogens with zero attached hydrogens (tertiary/aromatic N) is 1. The predicted octanol–water partition coefficient (Wildman–Crippen LogP) is 2.07. The monoisotopic (exact) mass is 470 g/mol. The number of rotatable bonds is 9. The van der Waals surface area contributed by atoms with Crippen LogP contribution in [0.1, 0.15) is 23.0 Å². The molecule has 2 N–H and O–H groups in total. The van der Waals surface area contributed by atoms with Gasteiger partial charge in [0.25, 0.3) is 0 Å². The maximum Gasteiger partial charge on any atom is 0.307 e. The Bertz CT molecular complexity index is 1010. The molecular weight excluding hydrogens is 440 g/mol. The largest absolute Gasteiger partial charge is 0.497 e. The Morgan fingerprint density at radius 3 is 2.38 bits per heavy atom. The molecule has 3 unspecified atom stereocenters. The lowest BCUT2D eigenvalue weighted by Gasteiger charge is -2.42. The Kier molecular flexibility index (Phi) is 7.54. The number of carboxylic acid groups (broad SMARTS) is 1. The Hall–Kier alpha value is -3.30. The van der Waals surface area contributed by atoms with Gasteiger partial charge in [0.2, 0.25) is 12.7 Å². The summed E-state index contributed by atoms with van der Waals surface area (Å²) in [6.45, 7) is 2.05. The zero-order chi connectivity index (χ0) is 24.1. The number of aliphatic carboxylic acids is 1. The molecule has 1 fully saturated rings. The van der Waals surface area contributed by atoms with Crippen LogP contribution in [0.3, 0.4) is 0 Å². The second kappa shape index (κ2) is 10.8. The number of benzene rings is 2. The number of amides is 1. The van der Waals surface area contributed by atoms with Crippen LogP contribution in [0.2, 0.25) is 0 Å². The maximum absolute atomic E-state index is 12.6. The van der Waals surface area contributed by atoms with E-state index in [-0.39, 0.29) is 31.1 Å². The molecule has 2 aliphatic heterocycles. The average Bonchev–Trinajstić information content (AvgIpc) is 3.31. The number of carboxylic acids is 1. The van der Waals surface area contributed by atoms with Gasteiger partial charge in [0, 0.05) is 38.6 Å². The van der Waals surface area contributed by atoms with Gasteiger partial charge in [-0.15, -0.1) is 0 Å². The number of nitrogens with one attached hydrogen (secondary N) is 1. The minimum Gasteiger partial charge on any atom is -0.497 e. The highest BCUT2D eigenvalue weighted by Gasteiger charge is 2.43. The van der Waals surface area contributed by atoms with Gasteiger partial charge in [-0.2, -0.15) is 0 Å². The number of piperidine rings is 1. The number of ether oxygens (including phenoxy) is 4. The standard InChI is InChI=1S/C25H30N2O7/c1-31-10-9-26-23(28)14-27-12-19(16-3-6-18(32-2)7-4-16)24(25(29)30)20(13-27)17-5-8-21-22(11-17)34-15-33-21/h3-8,11,19-20,24H,9-10,12-15H2,1-2H3,(H,26,28)(H,29,30). The Morgan fingerprint density at radius 2 is 1.71 bits per heavy atom. The molecule has 2 aliphatic rings. The maximum atomic E-state index is 12.6. The van der Waals surface area contributed by atoms with Gasteiger partial charge in [-0.05, 0) is 35.4 Å². The molecule has 0 aromatic heterocycles. The Morgan fingerprint density at radius 1 is 1.03 bits per heavy atom. The molecule has 182 valence electrons. The van der Waals surface area contributed by atoms with Crippen LogP contribution in [0.15, 0.2) is 42.5 Å². The minimum atomic E-state index is -0.868. The van der Waals surface area contributed by atoms with Gasteiger partial charge in [0.05, 0.1) is 26.2 Å². The summed E-state index contributed by atoms with van der Waals surface area (Å²) in [5.74, 6) is -0.380. The van der Waals surface area contributed by atoms with Crippen molar-refractivity contribution in [3.05, 3.63) is 53.6 Å². The number of hydrogen-bond donors (Lipinski definition) is 2. The first-order valence-corrected chi connectivity index (χ1v) is 11.2. The molecule has 1 saturated heterocycles. The molecule has 0 bridgehead atoms. The number of hydrogen-bond acceptors (Lipinski definition) is 7. The van der Waals surface area contributed by atoms with E-state index in [1.165, 1.54) is 0 Å². The van der Waals surface area contributed by atoms with E-state index in [9.17, 15) is 14.7 Å². The van der Waals surface area contributed by atoms with E-state index < -0.39 is 11.9 Å². The first-order valence-electron chi connectivity index (χ1n) is 11.2. The van der Waals surface area contributed by atoms with Crippen molar-refractivity contribution < 1.29 is 33.6 Å². The van der Waals surface area contributed by atoms with Gasteiger partial charge in [-0.3, -0.25) is 14.5 Å². The van der Waals surface area contributed by atoms with Crippen LogP contribution in [0.5, 0.6) is 17.2 Å². The fraction of sp³-hybridized carbons (Fsp3) is 0.440. The second-order valence-corrected chi connectivity index (χ2v) is 8.50. The van der Waals surface area contributed by atoms with Crippen LogP contribution in [-0.2, 0) is 14.3 Å². The van der Waals surface area contributed by atoms with Crippen molar-refractivity contribution >= 4 is 11.9 Å². The van der Waals surface area contributed by atoms with Gasteiger partial charge in [-0.25, -0.2) is 0 Å². The van der Waals surface area contributed by atoms with Crippen molar-refractivity contribution in [2.24, 2.45) is 5.92 Å². The molecule has 0 aliphatic carbocycles. The Labute approximate surface area is 198 Å². The van der Waals surface area contributed by atoms with E-state index in [1.807, 2.05) is 47.4 Å². The van der Waals surface area contributed by atoms with Crippen LogP contribution in [-0.4, -0.2) is 75.7 Å². The third kappa shape index (κ3) is 5.26. The zero-order valence-electron chi connectivity index (χ0n) is 19.4. The van der Waals surface area contributed by atoms with E-state index >= 15 is 0 Å². The van der Waals surface area contributed by atoms with Crippen molar-refractivity contribution in [1.82, 2.24) is 10.2 Å². The molecule has 34 heavy (non-hydrogen) atoms. The van der Waals surface area contributed by atoms with Crippen molar-refractivity contribution in [3.8, 4) is 17.2 Å². The number of carbonyl (C=O) groups excluding carboxylic acids is 1. The van der Waals surface area contributed by atoms with Crippen molar-refractivity contribution in [2.75, 3.05) is 53.8 Å². The highest BCUT2D eigenvalue weighted by molar-refractivity contribution is 5.78. The molecule has 1 amide bonds. The van der Waals surface area contributed by atoms with Crippen LogP contribution in [0, 0.1) is 5.92 Å². The lowest BCUT2D eigenvalue weighted by molar-refractivity contribution is -0.145.